The van der Waals surface area contributed by atoms with Gasteiger partial charge in [-0.15, -0.1) is 0 Å². The Morgan fingerprint density at radius 1 is 0.297 bits per heavy atom. The molecular weight excluding hydrogens is 793 g/mol. The molecule has 0 rings (SSSR count). The van der Waals surface area contributed by atoms with Gasteiger partial charge in [-0.3, -0.25) is 14.4 Å². The van der Waals surface area contributed by atoms with Crippen LogP contribution in [-0.2, 0) is 28.6 Å². The SMILES string of the molecule is CCCCCCCCCCCCCCCCCC(=O)OC[C@@H](COC(=O)CCCCCCCCCC(C)C)OC(=O)CCCCCCCCCCCCCCCCCCCCC(C)C. The van der Waals surface area contributed by atoms with Gasteiger partial charge in [0.15, 0.2) is 6.10 Å². The van der Waals surface area contributed by atoms with E-state index in [-0.39, 0.29) is 31.1 Å². The molecule has 0 N–H and O–H groups in total. The zero-order chi connectivity index (χ0) is 46.8. The van der Waals surface area contributed by atoms with Crippen molar-refractivity contribution in [2.45, 2.75) is 330 Å². The monoisotopic (exact) mass is 905 g/mol. The molecule has 0 aliphatic carbocycles. The van der Waals surface area contributed by atoms with Gasteiger partial charge in [0.1, 0.15) is 13.2 Å². The summed E-state index contributed by atoms with van der Waals surface area (Å²) in [5.74, 6) is 0.796. The fourth-order valence-corrected chi connectivity index (χ4v) is 8.87. The number of ether oxygens (including phenoxy) is 3. The van der Waals surface area contributed by atoms with Crippen LogP contribution in [0.3, 0.4) is 0 Å². The van der Waals surface area contributed by atoms with Crippen LogP contribution in [0.2, 0.25) is 0 Å². The molecule has 0 heterocycles. The smallest absolute Gasteiger partial charge is 0.306 e. The Bertz CT molecular complexity index is 978. The van der Waals surface area contributed by atoms with E-state index < -0.39 is 6.10 Å². The van der Waals surface area contributed by atoms with E-state index in [1.807, 2.05) is 0 Å². The number of rotatable bonds is 52. The summed E-state index contributed by atoms with van der Waals surface area (Å²) in [6.07, 6.45) is 53.9. The molecule has 0 saturated heterocycles. The quantitative estimate of drug-likeness (QED) is 0.0344. The second-order valence-electron chi connectivity index (χ2n) is 20.9. The first-order chi connectivity index (χ1) is 31.2. The van der Waals surface area contributed by atoms with E-state index >= 15 is 0 Å². The highest BCUT2D eigenvalue weighted by Crippen LogP contribution is 2.18. The average molecular weight is 906 g/mol. The van der Waals surface area contributed by atoms with Gasteiger partial charge in [0, 0.05) is 19.3 Å². The highest BCUT2D eigenvalue weighted by atomic mass is 16.6. The molecule has 6 nitrogen and oxygen atoms in total. The third-order valence-electron chi connectivity index (χ3n) is 13.2. The number of carbonyl (C=O) groups excluding carboxylic acids is 3. The molecule has 6 heteroatoms. The highest BCUT2D eigenvalue weighted by molar-refractivity contribution is 5.71. The van der Waals surface area contributed by atoms with Gasteiger partial charge in [0.25, 0.3) is 0 Å². The van der Waals surface area contributed by atoms with E-state index in [0.717, 1.165) is 69.6 Å². The Morgan fingerprint density at radius 2 is 0.516 bits per heavy atom. The van der Waals surface area contributed by atoms with Crippen LogP contribution in [0.25, 0.3) is 0 Å². The molecular formula is C58H112O6. The van der Waals surface area contributed by atoms with Crippen molar-refractivity contribution in [2.24, 2.45) is 11.8 Å². The maximum absolute atomic E-state index is 12.8. The van der Waals surface area contributed by atoms with Crippen LogP contribution < -0.4 is 0 Å². The largest absolute Gasteiger partial charge is 0.462 e. The van der Waals surface area contributed by atoms with Gasteiger partial charge >= 0.3 is 17.9 Å². The molecule has 0 unspecified atom stereocenters. The second-order valence-corrected chi connectivity index (χ2v) is 20.9. The summed E-state index contributed by atoms with van der Waals surface area (Å²) in [6.45, 7) is 11.4. The predicted octanol–water partition coefficient (Wildman–Crippen LogP) is 18.9. The Morgan fingerprint density at radius 3 is 0.766 bits per heavy atom. The minimum absolute atomic E-state index is 0.0633. The van der Waals surface area contributed by atoms with Gasteiger partial charge in [0.05, 0.1) is 0 Å². The van der Waals surface area contributed by atoms with Crippen molar-refractivity contribution < 1.29 is 28.6 Å². The fourth-order valence-electron chi connectivity index (χ4n) is 8.87. The van der Waals surface area contributed by atoms with Gasteiger partial charge in [0.2, 0.25) is 0 Å². The number of carbonyl (C=O) groups is 3. The second kappa shape index (κ2) is 50.8. The van der Waals surface area contributed by atoms with E-state index in [9.17, 15) is 14.4 Å². The third kappa shape index (κ3) is 51.4. The lowest BCUT2D eigenvalue weighted by molar-refractivity contribution is -0.167. The number of hydrogen-bond donors (Lipinski definition) is 0. The maximum atomic E-state index is 12.8. The topological polar surface area (TPSA) is 78.9 Å². The molecule has 0 fully saturated rings. The van der Waals surface area contributed by atoms with Crippen molar-refractivity contribution in [3.05, 3.63) is 0 Å². The van der Waals surface area contributed by atoms with Crippen LogP contribution in [0.4, 0.5) is 0 Å². The van der Waals surface area contributed by atoms with Crippen molar-refractivity contribution in [3.8, 4) is 0 Å². The van der Waals surface area contributed by atoms with E-state index in [0.29, 0.717) is 19.3 Å². The maximum Gasteiger partial charge on any atom is 0.306 e. The highest BCUT2D eigenvalue weighted by Gasteiger charge is 2.19. The molecule has 0 aromatic carbocycles. The lowest BCUT2D eigenvalue weighted by atomic mass is 10.0. The molecule has 0 saturated carbocycles. The Balaban J connectivity index is 4.22. The Labute approximate surface area is 399 Å². The molecule has 1 atom stereocenters. The van der Waals surface area contributed by atoms with Crippen molar-refractivity contribution in [3.63, 3.8) is 0 Å². The van der Waals surface area contributed by atoms with E-state index in [1.54, 1.807) is 0 Å². The molecule has 380 valence electrons. The fraction of sp³-hybridized carbons (Fsp3) is 0.948. The van der Waals surface area contributed by atoms with Crippen LogP contribution >= 0.6 is 0 Å². The van der Waals surface area contributed by atoms with E-state index in [1.165, 1.54) is 212 Å². The average Bonchev–Trinajstić information content (AvgIpc) is 3.27. The first kappa shape index (κ1) is 62.4. The molecule has 64 heavy (non-hydrogen) atoms. The number of esters is 3. The van der Waals surface area contributed by atoms with Crippen molar-refractivity contribution >= 4 is 17.9 Å². The van der Waals surface area contributed by atoms with Crippen LogP contribution in [0, 0.1) is 11.8 Å². The lowest BCUT2D eigenvalue weighted by Crippen LogP contribution is -2.30. The van der Waals surface area contributed by atoms with Crippen molar-refractivity contribution in [1.29, 1.82) is 0 Å². The Kier molecular flexibility index (Phi) is 49.6. The van der Waals surface area contributed by atoms with E-state index in [2.05, 4.69) is 34.6 Å². The zero-order valence-corrected chi connectivity index (χ0v) is 43.9. The molecule has 0 spiro atoms. The van der Waals surface area contributed by atoms with Crippen LogP contribution in [0.15, 0.2) is 0 Å². The number of unbranched alkanes of at least 4 members (excludes halogenated alkanes) is 37. The molecule has 0 aliphatic heterocycles. The minimum Gasteiger partial charge on any atom is -0.462 e. The van der Waals surface area contributed by atoms with Gasteiger partial charge < -0.3 is 14.2 Å². The predicted molar refractivity (Wildman–Crippen MR) is 275 cm³/mol. The zero-order valence-electron chi connectivity index (χ0n) is 43.9. The van der Waals surface area contributed by atoms with Gasteiger partial charge in [-0.25, -0.2) is 0 Å². The van der Waals surface area contributed by atoms with Gasteiger partial charge in [-0.05, 0) is 31.1 Å². The molecule has 0 aromatic heterocycles. The summed E-state index contributed by atoms with van der Waals surface area (Å²) in [7, 11) is 0. The molecule has 0 aromatic rings. The molecule has 0 aliphatic rings. The summed E-state index contributed by atoms with van der Waals surface area (Å²) < 4.78 is 16.9. The van der Waals surface area contributed by atoms with Crippen molar-refractivity contribution in [2.75, 3.05) is 13.2 Å². The van der Waals surface area contributed by atoms with E-state index in [4.69, 9.17) is 14.2 Å². The van der Waals surface area contributed by atoms with Crippen molar-refractivity contribution in [1.82, 2.24) is 0 Å². The molecule has 0 amide bonds. The molecule has 0 radical (unpaired) electrons. The number of hydrogen-bond acceptors (Lipinski definition) is 6. The first-order valence-corrected chi connectivity index (χ1v) is 28.7. The van der Waals surface area contributed by atoms with Gasteiger partial charge in [-0.2, -0.15) is 0 Å². The summed E-state index contributed by atoms with van der Waals surface area (Å²) in [5, 5.41) is 0. The summed E-state index contributed by atoms with van der Waals surface area (Å²) in [4.78, 5) is 38.0. The molecule has 0 bridgehead atoms. The first-order valence-electron chi connectivity index (χ1n) is 28.7. The van der Waals surface area contributed by atoms with Crippen LogP contribution in [-0.4, -0.2) is 37.2 Å². The lowest BCUT2D eigenvalue weighted by Gasteiger charge is -2.18. The Hall–Kier alpha value is -1.59. The summed E-state index contributed by atoms with van der Waals surface area (Å²) >= 11 is 0. The summed E-state index contributed by atoms with van der Waals surface area (Å²) in [5.41, 5.74) is 0. The minimum atomic E-state index is -0.762. The van der Waals surface area contributed by atoms with Crippen LogP contribution in [0.1, 0.15) is 324 Å². The third-order valence-corrected chi connectivity index (χ3v) is 13.2. The van der Waals surface area contributed by atoms with Gasteiger partial charge in [-0.1, -0.05) is 285 Å². The standard InChI is InChI=1S/C58H112O6/c1-6-7-8-9-10-11-12-13-18-22-25-28-33-38-43-48-56(59)62-51-55(52-63-57(60)49-44-39-35-30-32-37-42-47-54(4)5)64-58(61)50-45-40-34-29-26-23-20-17-15-14-16-19-21-24-27-31-36-41-46-53(2)3/h53-55H,6-52H2,1-5H3/t55-/m0/s1. The summed E-state index contributed by atoms with van der Waals surface area (Å²) in [6, 6.07) is 0. The van der Waals surface area contributed by atoms with Crippen LogP contribution in [0.5, 0.6) is 0 Å². The normalized spacial score (nSPS) is 12.0.